The monoisotopic (exact) mass is 394 g/mol. The molecule has 28 heavy (non-hydrogen) atoms. The van der Waals surface area contributed by atoms with E-state index in [1.165, 1.54) is 141 Å². The van der Waals surface area contributed by atoms with Crippen LogP contribution in [-0.2, 0) is 0 Å². The first kappa shape index (κ1) is 28.0. The summed E-state index contributed by atoms with van der Waals surface area (Å²) in [5.74, 6) is 2.07. The molecular weight excluding hydrogens is 336 g/mol. The van der Waals surface area contributed by atoms with Crippen LogP contribution in [0.25, 0.3) is 0 Å². The summed E-state index contributed by atoms with van der Waals surface area (Å²) in [4.78, 5) is 0. The first-order valence-electron chi connectivity index (χ1n) is 13.8. The topological polar surface area (TPSA) is 0 Å². The van der Waals surface area contributed by atoms with Crippen LogP contribution >= 0.6 is 0 Å². The van der Waals surface area contributed by atoms with Crippen molar-refractivity contribution >= 4 is 0 Å². The maximum atomic E-state index is 2.35. The third-order valence-electron chi connectivity index (χ3n) is 6.88. The van der Waals surface area contributed by atoms with Crippen LogP contribution < -0.4 is 0 Å². The summed E-state index contributed by atoms with van der Waals surface area (Å²) in [6, 6.07) is 0. The van der Waals surface area contributed by atoms with Crippen LogP contribution in [0.15, 0.2) is 0 Å². The quantitative estimate of drug-likeness (QED) is 0.151. The van der Waals surface area contributed by atoms with Gasteiger partial charge in [-0.3, -0.25) is 0 Å². The zero-order valence-electron chi connectivity index (χ0n) is 20.7. The van der Waals surface area contributed by atoms with Crippen molar-refractivity contribution in [2.24, 2.45) is 11.8 Å². The molecule has 1 unspecified atom stereocenters. The molecule has 0 aromatic rings. The highest BCUT2D eigenvalue weighted by Gasteiger charge is 2.20. The number of unbranched alkanes of at least 4 members (excludes halogenated alkanes) is 14. The fourth-order valence-corrected chi connectivity index (χ4v) is 4.92. The molecule has 0 heteroatoms. The summed E-state index contributed by atoms with van der Waals surface area (Å²) in [5.41, 5.74) is 0. The largest absolute Gasteiger partial charge is 0.0654 e. The van der Waals surface area contributed by atoms with Crippen molar-refractivity contribution in [3.8, 4) is 0 Å². The van der Waals surface area contributed by atoms with Gasteiger partial charge in [0.1, 0.15) is 0 Å². The van der Waals surface area contributed by atoms with E-state index < -0.39 is 0 Å². The molecule has 0 amide bonds. The van der Waals surface area contributed by atoms with Gasteiger partial charge in [0.2, 0.25) is 0 Å². The number of hydrogen-bond donors (Lipinski definition) is 0. The van der Waals surface area contributed by atoms with Crippen molar-refractivity contribution in [3.63, 3.8) is 0 Å². The van der Waals surface area contributed by atoms with Gasteiger partial charge < -0.3 is 0 Å². The Morgan fingerprint density at radius 3 is 0.786 bits per heavy atom. The highest BCUT2D eigenvalue weighted by molar-refractivity contribution is 4.72. The van der Waals surface area contributed by atoms with Gasteiger partial charge in [0, 0.05) is 0 Å². The van der Waals surface area contributed by atoms with Gasteiger partial charge in [-0.05, 0) is 11.8 Å². The van der Waals surface area contributed by atoms with Crippen LogP contribution in [-0.4, -0.2) is 0 Å². The predicted octanol–water partition coefficient (Wildman–Crippen LogP) is 10.9. The SMILES string of the molecule is CCCCCCCCC(CCCCCC)C(CCCCCC)CCCCCC. The second-order valence-corrected chi connectivity index (χ2v) is 9.62. The fourth-order valence-electron chi connectivity index (χ4n) is 4.92. The average Bonchev–Trinajstić information content (AvgIpc) is 2.71. The first-order chi connectivity index (χ1) is 13.8. The molecule has 0 aromatic heterocycles. The summed E-state index contributed by atoms with van der Waals surface area (Å²) in [7, 11) is 0. The lowest BCUT2D eigenvalue weighted by molar-refractivity contribution is 0.237. The molecule has 0 rings (SSSR count). The van der Waals surface area contributed by atoms with Gasteiger partial charge in [0.15, 0.2) is 0 Å². The Labute approximate surface area is 181 Å². The van der Waals surface area contributed by atoms with E-state index in [1.54, 1.807) is 0 Å². The molecule has 0 saturated carbocycles. The molecule has 0 radical (unpaired) electrons. The van der Waals surface area contributed by atoms with E-state index in [0.717, 1.165) is 11.8 Å². The lowest BCUT2D eigenvalue weighted by Crippen LogP contribution is -2.16. The Balaban J connectivity index is 4.52. The second-order valence-electron chi connectivity index (χ2n) is 9.62. The van der Waals surface area contributed by atoms with Crippen LogP contribution in [0.5, 0.6) is 0 Å². The van der Waals surface area contributed by atoms with Crippen molar-refractivity contribution in [2.45, 2.75) is 169 Å². The third kappa shape index (κ3) is 18.1. The van der Waals surface area contributed by atoms with E-state index in [1.807, 2.05) is 0 Å². The first-order valence-corrected chi connectivity index (χ1v) is 13.8. The summed E-state index contributed by atoms with van der Waals surface area (Å²) >= 11 is 0. The maximum absolute atomic E-state index is 2.35. The van der Waals surface area contributed by atoms with Crippen molar-refractivity contribution in [3.05, 3.63) is 0 Å². The zero-order chi connectivity index (χ0) is 20.7. The van der Waals surface area contributed by atoms with E-state index >= 15 is 0 Å². The van der Waals surface area contributed by atoms with Crippen LogP contribution in [0.2, 0.25) is 0 Å². The molecule has 0 aromatic carbocycles. The number of rotatable bonds is 23. The Morgan fingerprint density at radius 2 is 0.500 bits per heavy atom. The summed E-state index contributed by atoms with van der Waals surface area (Å²) in [6.45, 7) is 9.36. The lowest BCUT2D eigenvalue weighted by Gasteiger charge is -2.28. The van der Waals surface area contributed by atoms with E-state index in [0.29, 0.717) is 0 Å². The molecule has 0 saturated heterocycles. The van der Waals surface area contributed by atoms with Crippen LogP contribution in [0, 0.1) is 11.8 Å². The summed E-state index contributed by atoms with van der Waals surface area (Å²) < 4.78 is 0. The molecular formula is C28H58. The minimum absolute atomic E-state index is 1.03. The molecule has 0 N–H and O–H groups in total. The van der Waals surface area contributed by atoms with Gasteiger partial charge >= 0.3 is 0 Å². The van der Waals surface area contributed by atoms with E-state index in [9.17, 15) is 0 Å². The highest BCUT2D eigenvalue weighted by atomic mass is 14.3. The van der Waals surface area contributed by atoms with Gasteiger partial charge in [-0.1, -0.05) is 169 Å². The van der Waals surface area contributed by atoms with E-state index in [4.69, 9.17) is 0 Å². The van der Waals surface area contributed by atoms with Crippen molar-refractivity contribution in [1.29, 1.82) is 0 Å². The Morgan fingerprint density at radius 1 is 0.286 bits per heavy atom. The average molecular weight is 395 g/mol. The Bertz CT molecular complexity index is 257. The van der Waals surface area contributed by atoms with Crippen LogP contribution in [0.3, 0.4) is 0 Å². The minimum atomic E-state index is 1.03. The third-order valence-corrected chi connectivity index (χ3v) is 6.88. The van der Waals surface area contributed by atoms with Gasteiger partial charge in [-0.15, -0.1) is 0 Å². The summed E-state index contributed by atoms with van der Waals surface area (Å²) in [6.07, 6.45) is 32.2. The normalized spacial score (nSPS) is 12.8. The Hall–Kier alpha value is 0. The Kier molecular flexibility index (Phi) is 23.3. The van der Waals surface area contributed by atoms with E-state index in [-0.39, 0.29) is 0 Å². The smallest absolute Gasteiger partial charge is 0.0386 e. The second kappa shape index (κ2) is 23.3. The molecule has 0 spiro atoms. The standard InChI is InChI=1S/C28H58/c1-5-9-13-17-18-22-26-28(25-21-16-12-8-4)27(23-19-14-10-6-2)24-20-15-11-7-3/h27-28H,5-26H2,1-4H3. The van der Waals surface area contributed by atoms with Crippen molar-refractivity contribution in [2.75, 3.05) is 0 Å². The van der Waals surface area contributed by atoms with Crippen LogP contribution in [0.4, 0.5) is 0 Å². The molecule has 1 atom stereocenters. The van der Waals surface area contributed by atoms with Crippen molar-refractivity contribution in [1.82, 2.24) is 0 Å². The molecule has 0 aliphatic heterocycles. The number of hydrogen-bond acceptors (Lipinski definition) is 0. The van der Waals surface area contributed by atoms with Gasteiger partial charge in [-0.2, -0.15) is 0 Å². The highest BCUT2D eigenvalue weighted by Crippen LogP contribution is 2.33. The molecule has 0 nitrogen and oxygen atoms in total. The minimum Gasteiger partial charge on any atom is -0.0654 e. The molecule has 0 aliphatic rings. The van der Waals surface area contributed by atoms with Gasteiger partial charge in [0.25, 0.3) is 0 Å². The fraction of sp³-hybridized carbons (Fsp3) is 1.00. The molecule has 0 aliphatic carbocycles. The maximum Gasteiger partial charge on any atom is -0.0386 e. The summed E-state index contributed by atoms with van der Waals surface area (Å²) in [5, 5.41) is 0. The lowest BCUT2D eigenvalue weighted by atomic mass is 9.78. The molecule has 170 valence electrons. The predicted molar refractivity (Wildman–Crippen MR) is 131 cm³/mol. The molecule has 0 bridgehead atoms. The van der Waals surface area contributed by atoms with Crippen LogP contribution in [0.1, 0.15) is 169 Å². The molecule has 0 fully saturated rings. The van der Waals surface area contributed by atoms with Gasteiger partial charge in [-0.25, -0.2) is 0 Å². The van der Waals surface area contributed by atoms with E-state index in [2.05, 4.69) is 27.7 Å². The van der Waals surface area contributed by atoms with Crippen molar-refractivity contribution < 1.29 is 0 Å². The zero-order valence-corrected chi connectivity index (χ0v) is 20.7. The molecule has 0 heterocycles. The van der Waals surface area contributed by atoms with Gasteiger partial charge in [0.05, 0.1) is 0 Å².